The van der Waals surface area contributed by atoms with Crippen molar-refractivity contribution in [1.82, 2.24) is 0 Å². The normalized spacial score (nSPS) is 53.5. The molecule has 2 aliphatic heterocycles. The first-order valence-corrected chi connectivity index (χ1v) is 14.8. The Kier molecular flexibility index (Phi) is 6.84. The fourth-order valence-electron chi connectivity index (χ4n) is 9.82. The molecule has 9 heteroatoms. The van der Waals surface area contributed by atoms with Gasteiger partial charge in [0.1, 0.15) is 18.8 Å². The van der Waals surface area contributed by atoms with E-state index in [0.717, 1.165) is 37.7 Å². The number of ether oxygens (including phenoxy) is 4. The van der Waals surface area contributed by atoms with Crippen LogP contribution in [0.5, 0.6) is 0 Å². The topological polar surface area (TPSA) is 132 Å². The average molecular weight is 549 g/mol. The van der Waals surface area contributed by atoms with Gasteiger partial charge in [-0.2, -0.15) is 0 Å². The molecule has 0 aromatic heterocycles. The fourth-order valence-corrected chi connectivity index (χ4v) is 9.82. The summed E-state index contributed by atoms with van der Waals surface area (Å²) in [7, 11) is 1.59. The third kappa shape index (κ3) is 3.94. The van der Waals surface area contributed by atoms with Gasteiger partial charge in [0.05, 0.1) is 23.9 Å². The van der Waals surface area contributed by atoms with Gasteiger partial charge in [0.15, 0.2) is 12.1 Å². The minimum absolute atomic E-state index is 0.0238. The highest BCUT2D eigenvalue weighted by Crippen LogP contribution is 2.69. The quantitative estimate of drug-likeness (QED) is 0.358. The number of hydrogen-bond donors (Lipinski definition) is 3. The zero-order chi connectivity index (χ0) is 27.9. The highest BCUT2D eigenvalue weighted by molar-refractivity contribution is 5.90. The van der Waals surface area contributed by atoms with Gasteiger partial charge in [0.25, 0.3) is 0 Å². The molecule has 1 saturated heterocycles. The smallest absolute Gasteiger partial charge is 0.331 e. The molecule has 39 heavy (non-hydrogen) atoms. The first-order valence-electron chi connectivity index (χ1n) is 14.8. The number of carbonyl (C=O) groups excluding carboxylic acids is 2. The van der Waals surface area contributed by atoms with Gasteiger partial charge in [0.2, 0.25) is 0 Å². The summed E-state index contributed by atoms with van der Waals surface area (Å²) in [4.78, 5) is 25.9. The van der Waals surface area contributed by atoms with E-state index in [0.29, 0.717) is 19.3 Å². The Bertz CT molecular complexity index is 1040. The van der Waals surface area contributed by atoms with E-state index in [2.05, 4.69) is 6.92 Å². The average Bonchev–Trinajstić information content (AvgIpc) is 3.45. The summed E-state index contributed by atoms with van der Waals surface area (Å²) < 4.78 is 22.9. The highest BCUT2D eigenvalue weighted by Gasteiger charge is 2.73. The third-order valence-electron chi connectivity index (χ3n) is 12.1. The molecule has 0 unspecified atom stereocenters. The van der Waals surface area contributed by atoms with Crippen molar-refractivity contribution in [1.29, 1.82) is 0 Å². The molecule has 0 aromatic carbocycles. The predicted octanol–water partition coefficient (Wildman–Crippen LogP) is 2.29. The lowest BCUT2D eigenvalue weighted by Gasteiger charge is -2.64. The van der Waals surface area contributed by atoms with Crippen LogP contribution in [-0.4, -0.2) is 83.2 Å². The van der Waals surface area contributed by atoms with Crippen molar-refractivity contribution in [3.63, 3.8) is 0 Å². The van der Waals surface area contributed by atoms with Crippen LogP contribution in [0.3, 0.4) is 0 Å². The van der Waals surface area contributed by atoms with E-state index in [-0.39, 0.29) is 53.9 Å². The number of carbonyl (C=O) groups is 2. The molecule has 0 amide bonds. The molecule has 13 atom stereocenters. The number of esters is 1. The predicted molar refractivity (Wildman–Crippen MR) is 138 cm³/mol. The summed E-state index contributed by atoms with van der Waals surface area (Å²) in [5.74, 6) is -1.24. The molecule has 6 aliphatic rings. The second-order valence-corrected chi connectivity index (χ2v) is 13.6. The Labute approximate surface area is 230 Å². The lowest BCUT2D eigenvalue weighted by atomic mass is 9.42. The summed E-state index contributed by atoms with van der Waals surface area (Å²) in [6, 6.07) is 0. The van der Waals surface area contributed by atoms with Crippen molar-refractivity contribution in [2.24, 2.45) is 34.5 Å². The molecule has 4 aliphatic carbocycles. The Morgan fingerprint density at radius 1 is 1.05 bits per heavy atom. The summed E-state index contributed by atoms with van der Waals surface area (Å²) in [6.07, 6.45) is 3.83. The van der Waals surface area contributed by atoms with Crippen LogP contribution in [0, 0.1) is 34.5 Å². The van der Waals surface area contributed by atoms with Crippen molar-refractivity contribution in [3.8, 4) is 0 Å². The molecule has 9 nitrogen and oxygen atoms in total. The van der Waals surface area contributed by atoms with E-state index in [1.165, 1.54) is 6.08 Å². The molecule has 5 fully saturated rings. The van der Waals surface area contributed by atoms with E-state index in [9.17, 15) is 24.9 Å². The molecule has 0 radical (unpaired) electrons. The van der Waals surface area contributed by atoms with Gasteiger partial charge >= 0.3 is 5.97 Å². The van der Waals surface area contributed by atoms with Crippen molar-refractivity contribution in [3.05, 3.63) is 11.6 Å². The van der Waals surface area contributed by atoms with Crippen LogP contribution in [0.15, 0.2) is 11.6 Å². The number of Topliss-reactive ketones (excluding diaryl/α,β-unsaturated/α-hetero) is 1. The van der Waals surface area contributed by atoms with E-state index in [4.69, 9.17) is 18.9 Å². The summed E-state index contributed by atoms with van der Waals surface area (Å²) >= 11 is 0. The zero-order valence-electron chi connectivity index (χ0n) is 23.5. The Balaban J connectivity index is 1.21. The number of aliphatic hydroxyl groups is 3. The third-order valence-corrected chi connectivity index (χ3v) is 12.1. The molecule has 218 valence electrons. The van der Waals surface area contributed by atoms with Crippen LogP contribution in [-0.2, 0) is 28.5 Å². The second-order valence-electron chi connectivity index (χ2n) is 13.6. The highest BCUT2D eigenvalue weighted by atomic mass is 16.7. The maximum Gasteiger partial charge on any atom is 0.331 e. The number of methoxy groups -OCH3 is 1. The summed E-state index contributed by atoms with van der Waals surface area (Å²) in [6.45, 7) is 6.02. The molecular weight excluding hydrogens is 504 g/mol. The first-order chi connectivity index (χ1) is 18.4. The Hall–Kier alpha value is -1.36. The van der Waals surface area contributed by atoms with Gasteiger partial charge in [-0.15, -0.1) is 0 Å². The van der Waals surface area contributed by atoms with E-state index in [1.54, 1.807) is 7.11 Å². The van der Waals surface area contributed by atoms with Gasteiger partial charge in [-0.3, -0.25) is 4.79 Å². The van der Waals surface area contributed by atoms with Crippen LogP contribution in [0.4, 0.5) is 0 Å². The Morgan fingerprint density at radius 2 is 1.82 bits per heavy atom. The second kappa shape index (κ2) is 9.60. The monoisotopic (exact) mass is 548 g/mol. The lowest BCUT2D eigenvalue weighted by Crippen LogP contribution is -2.70. The molecule has 3 N–H and O–H groups in total. The van der Waals surface area contributed by atoms with E-state index < -0.39 is 41.4 Å². The molecule has 2 heterocycles. The summed E-state index contributed by atoms with van der Waals surface area (Å²) in [5.41, 5.74) is -1.80. The molecule has 0 bridgehead atoms. The maximum atomic E-state index is 14.1. The van der Waals surface area contributed by atoms with Gasteiger partial charge in [-0.1, -0.05) is 13.8 Å². The van der Waals surface area contributed by atoms with Gasteiger partial charge in [-0.05, 0) is 80.6 Å². The van der Waals surface area contributed by atoms with Crippen LogP contribution < -0.4 is 0 Å². The molecule has 6 rings (SSSR count). The van der Waals surface area contributed by atoms with E-state index >= 15 is 0 Å². The van der Waals surface area contributed by atoms with Gasteiger partial charge in [0, 0.05) is 30.9 Å². The van der Waals surface area contributed by atoms with Crippen LogP contribution in [0.2, 0.25) is 0 Å². The fraction of sp³-hybridized carbons (Fsp3) is 0.867. The number of cyclic esters (lactones) is 1. The number of rotatable bonds is 4. The van der Waals surface area contributed by atoms with Crippen LogP contribution >= 0.6 is 0 Å². The molecule has 0 aromatic rings. The van der Waals surface area contributed by atoms with E-state index in [1.807, 2.05) is 13.8 Å². The largest absolute Gasteiger partial charge is 0.458 e. The molecule has 0 spiro atoms. The van der Waals surface area contributed by atoms with Gasteiger partial charge in [-0.25, -0.2) is 4.79 Å². The van der Waals surface area contributed by atoms with Crippen molar-refractivity contribution >= 4 is 11.8 Å². The SMILES string of the molecule is CO[C@@H]1C[C@H](O[C@H]2CC[C@@]3(C)[C@H](CC[C@@H]4[C@@H]3C(=O)[C@@H](O)[C@]3(C)[C@@H](C5=CC(=O)OC5)CC[C@]43O)C2)O[C@H](C)[C@H]1O. The first kappa shape index (κ1) is 27.8. The van der Waals surface area contributed by atoms with Crippen LogP contribution in [0.25, 0.3) is 0 Å². The van der Waals surface area contributed by atoms with Crippen molar-refractivity contribution < 1.29 is 43.9 Å². The molecule has 4 saturated carbocycles. The number of aliphatic hydroxyl groups excluding tert-OH is 2. The van der Waals surface area contributed by atoms with Crippen molar-refractivity contribution in [2.45, 2.75) is 115 Å². The maximum absolute atomic E-state index is 14.1. The standard InChI is InChI=1S/C30H44O9/c1-15-25(32)21(36-4)13-23(38-15)39-18-7-9-28(2)17(12-18)5-6-20-24(28)26(33)27(34)29(3)19(8-10-30(20,29)35)16-11-22(31)37-14-16/h11,15,17-21,23-25,27,32,34-35H,5-10,12-14H2,1-4H3/t15-,17-,18+,19-,20-,21-,23+,24-,25-,27-,28+,29+,30+/m1/s1. The minimum Gasteiger partial charge on any atom is -0.458 e. The summed E-state index contributed by atoms with van der Waals surface area (Å²) in [5, 5.41) is 34.3. The lowest BCUT2D eigenvalue weighted by molar-refractivity contribution is -0.274. The number of fused-ring (bicyclic) bond motifs is 5. The number of hydrogen-bond acceptors (Lipinski definition) is 9. The zero-order valence-corrected chi connectivity index (χ0v) is 23.5. The molecular formula is C30H44O9. The number of ketones is 1. The Morgan fingerprint density at radius 3 is 2.51 bits per heavy atom. The minimum atomic E-state index is -1.30. The van der Waals surface area contributed by atoms with Gasteiger partial charge < -0.3 is 34.3 Å². The van der Waals surface area contributed by atoms with Crippen molar-refractivity contribution in [2.75, 3.05) is 13.7 Å². The van der Waals surface area contributed by atoms with Crippen LogP contribution in [0.1, 0.15) is 72.1 Å².